The lowest BCUT2D eigenvalue weighted by Gasteiger charge is -2.17. The molecule has 0 saturated heterocycles. The maximum absolute atomic E-state index is 6.48. The van der Waals surface area contributed by atoms with Crippen molar-refractivity contribution in [2.75, 3.05) is 0 Å². The number of aromatic nitrogens is 3. The summed E-state index contributed by atoms with van der Waals surface area (Å²) in [6, 6.07) is 58.1. The van der Waals surface area contributed by atoms with Crippen LogP contribution in [0.3, 0.4) is 0 Å². The summed E-state index contributed by atoms with van der Waals surface area (Å²) in [5.74, 6) is 1.80. The summed E-state index contributed by atoms with van der Waals surface area (Å²) in [5.41, 5.74) is 4.29. The molecule has 4 heteroatoms. The molecular weight excluding hydrogens is 647 g/mol. The lowest BCUT2D eigenvalue weighted by atomic mass is 9.87. The number of rotatable bonds is 3. The molecule has 0 aliphatic rings. The van der Waals surface area contributed by atoms with Gasteiger partial charge >= 0.3 is 0 Å². The van der Waals surface area contributed by atoms with Crippen molar-refractivity contribution >= 4 is 86.6 Å². The van der Waals surface area contributed by atoms with Gasteiger partial charge in [-0.15, -0.1) is 0 Å². The minimum atomic E-state index is 0.572. The van der Waals surface area contributed by atoms with Crippen LogP contribution in [0.15, 0.2) is 168 Å². The molecule has 4 nitrogen and oxygen atoms in total. The second kappa shape index (κ2) is 10.7. The Balaban J connectivity index is 1.22. The van der Waals surface area contributed by atoms with Gasteiger partial charge in [-0.3, -0.25) is 0 Å². The van der Waals surface area contributed by atoms with Gasteiger partial charge in [0.2, 0.25) is 0 Å². The van der Waals surface area contributed by atoms with Gasteiger partial charge in [-0.05, 0) is 88.9 Å². The van der Waals surface area contributed by atoms with Crippen molar-refractivity contribution in [1.29, 1.82) is 0 Å². The van der Waals surface area contributed by atoms with Crippen molar-refractivity contribution in [3.05, 3.63) is 164 Å². The number of nitrogens with zero attached hydrogens (tertiary/aromatic N) is 3. The monoisotopic (exact) mass is 673 g/mol. The third kappa shape index (κ3) is 4.09. The van der Waals surface area contributed by atoms with Gasteiger partial charge < -0.3 is 4.42 Å². The van der Waals surface area contributed by atoms with E-state index in [0.717, 1.165) is 44.0 Å². The van der Waals surface area contributed by atoms with E-state index in [2.05, 4.69) is 121 Å². The molecule has 244 valence electrons. The van der Waals surface area contributed by atoms with E-state index in [1.54, 1.807) is 0 Å². The number of benzene rings is 9. The van der Waals surface area contributed by atoms with E-state index in [1.807, 2.05) is 42.5 Å². The fourth-order valence-corrected chi connectivity index (χ4v) is 8.68. The molecule has 0 bridgehead atoms. The van der Waals surface area contributed by atoms with Gasteiger partial charge in [0.25, 0.3) is 0 Å². The van der Waals surface area contributed by atoms with Crippen LogP contribution in [-0.4, -0.2) is 15.0 Å². The van der Waals surface area contributed by atoms with Gasteiger partial charge in [-0.2, -0.15) is 0 Å². The molecule has 12 rings (SSSR count). The van der Waals surface area contributed by atoms with Crippen LogP contribution < -0.4 is 0 Å². The molecule has 0 aliphatic carbocycles. The van der Waals surface area contributed by atoms with Crippen LogP contribution in [0.5, 0.6) is 0 Å². The maximum atomic E-state index is 6.48. The molecule has 0 fully saturated rings. The van der Waals surface area contributed by atoms with Gasteiger partial charge in [-0.1, -0.05) is 140 Å². The van der Waals surface area contributed by atoms with Crippen LogP contribution in [0.25, 0.3) is 121 Å². The number of para-hydroxylation sites is 2. The van der Waals surface area contributed by atoms with Crippen molar-refractivity contribution in [2.45, 2.75) is 0 Å². The van der Waals surface area contributed by atoms with Crippen LogP contribution in [-0.2, 0) is 0 Å². The number of furan rings is 1. The third-order valence-electron chi connectivity index (χ3n) is 11.0. The van der Waals surface area contributed by atoms with Crippen LogP contribution >= 0.6 is 0 Å². The van der Waals surface area contributed by atoms with Gasteiger partial charge in [0.15, 0.2) is 17.5 Å². The zero-order valence-corrected chi connectivity index (χ0v) is 28.3. The normalized spacial score (nSPS) is 12.2. The van der Waals surface area contributed by atoms with Crippen LogP contribution in [0.4, 0.5) is 0 Å². The number of fused-ring (bicyclic) bond motifs is 5. The highest BCUT2D eigenvalue weighted by Crippen LogP contribution is 2.44. The highest BCUT2D eigenvalue weighted by Gasteiger charge is 2.20. The van der Waals surface area contributed by atoms with E-state index < -0.39 is 0 Å². The molecule has 53 heavy (non-hydrogen) atoms. The Bertz CT molecular complexity index is 3450. The minimum absolute atomic E-state index is 0.572. The molecule has 0 aliphatic heterocycles. The van der Waals surface area contributed by atoms with Crippen molar-refractivity contribution in [1.82, 2.24) is 15.0 Å². The maximum Gasteiger partial charge on any atom is 0.167 e. The fourth-order valence-electron chi connectivity index (χ4n) is 8.68. The van der Waals surface area contributed by atoms with E-state index in [1.165, 1.54) is 59.2 Å². The highest BCUT2D eigenvalue weighted by atomic mass is 16.3. The van der Waals surface area contributed by atoms with Gasteiger partial charge in [-0.25, -0.2) is 15.0 Å². The van der Waals surface area contributed by atoms with E-state index in [-0.39, 0.29) is 0 Å². The molecule has 0 unspecified atom stereocenters. The predicted molar refractivity (Wildman–Crippen MR) is 220 cm³/mol. The molecule has 2 aromatic heterocycles. The lowest BCUT2D eigenvalue weighted by molar-refractivity contribution is 0.669. The first-order valence-corrected chi connectivity index (χ1v) is 17.9. The molecule has 0 spiro atoms. The Morgan fingerprint density at radius 1 is 0.321 bits per heavy atom. The highest BCUT2D eigenvalue weighted by molar-refractivity contribution is 6.37. The van der Waals surface area contributed by atoms with E-state index in [4.69, 9.17) is 19.4 Å². The lowest BCUT2D eigenvalue weighted by Crippen LogP contribution is -2.00. The SMILES string of the molecule is c1ccc(-c2nc(-c3cc4ccc5cccc6c7cccc8ccc9cccc(c(c3)c4c56)c9c87)nc(-c3cccc4c3oc3ccccc34)n2)cc1. The quantitative estimate of drug-likeness (QED) is 0.175. The standard InChI is InChI=1S/C49H27N3O/c1-2-10-31(11-3-1)47-50-48(52-49(51-47)39-20-9-19-38-34-15-4-5-21-41(34)53-46(38)39)33-26-32-25-24-30-13-7-17-36-35-16-6-12-28-22-23-29-14-8-18-37(44(29)42(28)35)40(27-33)45(32)43(30)36/h1-27H. The third-order valence-corrected chi connectivity index (χ3v) is 11.0. The summed E-state index contributed by atoms with van der Waals surface area (Å²) in [4.78, 5) is 15.6. The molecule has 10 aromatic carbocycles. The van der Waals surface area contributed by atoms with E-state index in [0.29, 0.717) is 17.5 Å². The molecule has 0 amide bonds. The van der Waals surface area contributed by atoms with Crippen molar-refractivity contribution in [3.8, 4) is 34.2 Å². The summed E-state index contributed by atoms with van der Waals surface area (Å²) in [6.45, 7) is 0. The van der Waals surface area contributed by atoms with Gasteiger partial charge in [0.05, 0.1) is 5.56 Å². The summed E-state index contributed by atoms with van der Waals surface area (Å²) in [7, 11) is 0. The van der Waals surface area contributed by atoms with E-state index in [9.17, 15) is 0 Å². The zero-order chi connectivity index (χ0) is 34.6. The Morgan fingerprint density at radius 2 is 0.830 bits per heavy atom. The summed E-state index contributed by atoms with van der Waals surface area (Å²) < 4.78 is 6.48. The molecule has 12 aromatic rings. The Hall–Kier alpha value is -7.17. The molecule has 0 saturated carbocycles. The first kappa shape index (κ1) is 28.5. The molecule has 2 heterocycles. The van der Waals surface area contributed by atoms with Crippen molar-refractivity contribution < 1.29 is 4.42 Å². The average Bonchev–Trinajstić information content (AvgIpc) is 3.61. The largest absolute Gasteiger partial charge is 0.455 e. The average molecular weight is 674 g/mol. The minimum Gasteiger partial charge on any atom is -0.455 e. The van der Waals surface area contributed by atoms with Crippen LogP contribution in [0.1, 0.15) is 0 Å². The molecule has 0 radical (unpaired) electrons. The molecule has 0 atom stereocenters. The smallest absolute Gasteiger partial charge is 0.167 e. The summed E-state index contributed by atoms with van der Waals surface area (Å²) in [6.07, 6.45) is 0. The van der Waals surface area contributed by atoms with Crippen LogP contribution in [0.2, 0.25) is 0 Å². The van der Waals surface area contributed by atoms with Crippen LogP contribution in [0, 0.1) is 0 Å². The first-order valence-electron chi connectivity index (χ1n) is 17.9. The first-order chi connectivity index (χ1) is 26.3. The van der Waals surface area contributed by atoms with Crippen molar-refractivity contribution in [3.63, 3.8) is 0 Å². The fraction of sp³-hybridized carbons (Fsp3) is 0. The Kier molecular flexibility index (Phi) is 5.74. The topological polar surface area (TPSA) is 51.8 Å². The summed E-state index contributed by atoms with van der Waals surface area (Å²) in [5, 5.41) is 16.9. The Labute approximate surface area is 302 Å². The molecule has 0 N–H and O–H groups in total. The van der Waals surface area contributed by atoms with Gasteiger partial charge in [0.1, 0.15) is 11.2 Å². The Morgan fingerprint density at radius 3 is 1.53 bits per heavy atom. The second-order valence-corrected chi connectivity index (χ2v) is 13.9. The number of hydrogen-bond donors (Lipinski definition) is 0. The summed E-state index contributed by atoms with van der Waals surface area (Å²) >= 11 is 0. The second-order valence-electron chi connectivity index (χ2n) is 13.9. The molecular formula is C49H27N3O. The van der Waals surface area contributed by atoms with Gasteiger partial charge in [0, 0.05) is 21.9 Å². The zero-order valence-electron chi connectivity index (χ0n) is 28.3. The van der Waals surface area contributed by atoms with Crippen molar-refractivity contribution in [2.24, 2.45) is 0 Å². The predicted octanol–water partition coefficient (Wildman–Crippen LogP) is 13.1. The number of hydrogen-bond acceptors (Lipinski definition) is 4. The van der Waals surface area contributed by atoms with E-state index >= 15 is 0 Å².